The summed E-state index contributed by atoms with van der Waals surface area (Å²) in [6, 6.07) is 8.37. The van der Waals surface area contributed by atoms with Crippen LogP contribution in [0.25, 0.3) is 5.57 Å². The molecule has 1 amide bonds. The number of hydrogen-bond donors (Lipinski definition) is 2. The second-order valence-electron chi connectivity index (χ2n) is 11.7. The van der Waals surface area contributed by atoms with Crippen molar-refractivity contribution in [2.24, 2.45) is 5.41 Å². The highest BCUT2D eigenvalue weighted by Crippen LogP contribution is 2.32. The zero-order valence-corrected chi connectivity index (χ0v) is 26.3. The van der Waals surface area contributed by atoms with Gasteiger partial charge < -0.3 is 15.1 Å². The van der Waals surface area contributed by atoms with E-state index in [1.165, 1.54) is 30.5 Å². The molecule has 0 fully saturated rings. The second kappa shape index (κ2) is 14.5. The molecule has 10 nitrogen and oxygen atoms in total. The predicted molar refractivity (Wildman–Crippen MR) is 159 cm³/mol. The lowest BCUT2D eigenvalue weighted by Crippen LogP contribution is -2.49. The van der Waals surface area contributed by atoms with Crippen LogP contribution in [0.5, 0.6) is 0 Å². The van der Waals surface area contributed by atoms with Crippen LogP contribution in [0.3, 0.4) is 0 Å². The van der Waals surface area contributed by atoms with Gasteiger partial charge in [-0.3, -0.25) is 4.79 Å². The first-order valence-electron chi connectivity index (χ1n) is 14.3. The summed E-state index contributed by atoms with van der Waals surface area (Å²) >= 11 is 0. The van der Waals surface area contributed by atoms with Crippen molar-refractivity contribution in [1.29, 1.82) is 0 Å². The summed E-state index contributed by atoms with van der Waals surface area (Å²) in [6.45, 7) is 7.77. The van der Waals surface area contributed by atoms with Gasteiger partial charge >= 0.3 is 12.3 Å². The Hall–Kier alpha value is -3.49. The standard InChI is InChI=1S/C30H40F3N5O5S/c1-6-7-10-24(25(39)17-35-44(41,42)27-11-8-9-16-34-27)36-28(40)43-26(29(2,3)4)20-38-19-22(18-37(38)5)21-12-14-23(15-13-21)30(31,32)33/h8-9,11-16,19,24,26,35H,6-7,10,17-18,20H2,1-5H3,(H,36,40)/t24-,26+/m0/s1. The molecule has 0 unspecified atom stereocenters. The summed E-state index contributed by atoms with van der Waals surface area (Å²) in [7, 11) is -2.20. The molecular formula is C30H40F3N5O5S. The lowest BCUT2D eigenvalue weighted by molar-refractivity contribution is -0.137. The molecular weight excluding hydrogens is 599 g/mol. The molecule has 1 aromatic carbocycles. The summed E-state index contributed by atoms with van der Waals surface area (Å²) < 4.78 is 72.1. The van der Waals surface area contributed by atoms with Gasteiger partial charge in [0, 0.05) is 31.4 Å². The number of hydrogen-bond acceptors (Lipinski definition) is 8. The van der Waals surface area contributed by atoms with Crippen molar-refractivity contribution in [2.45, 2.75) is 70.3 Å². The van der Waals surface area contributed by atoms with Crippen molar-refractivity contribution in [3.8, 4) is 0 Å². The van der Waals surface area contributed by atoms with E-state index in [1.54, 1.807) is 6.07 Å². The quantitative estimate of drug-likeness (QED) is 0.319. The number of sulfonamides is 1. The molecule has 3 rings (SSSR count). The number of aromatic nitrogens is 1. The maximum absolute atomic E-state index is 13.1. The fraction of sp³-hybridized carbons (Fsp3) is 0.500. The number of hydrazine groups is 1. The number of halogens is 3. The molecule has 1 aliphatic rings. The van der Waals surface area contributed by atoms with Crippen LogP contribution in [0.15, 0.2) is 59.9 Å². The van der Waals surface area contributed by atoms with Crippen molar-refractivity contribution >= 4 is 27.5 Å². The molecule has 242 valence electrons. The fourth-order valence-electron chi connectivity index (χ4n) is 4.44. The van der Waals surface area contributed by atoms with Crippen molar-refractivity contribution in [2.75, 3.05) is 26.7 Å². The van der Waals surface area contributed by atoms with Crippen LogP contribution >= 0.6 is 0 Å². The highest BCUT2D eigenvalue weighted by atomic mass is 32.2. The van der Waals surface area contributed by atoms with Crippen LogP contribution in [0.1, 0.15) is 58.1 Å². The van der Waals surface area contributed by atoms with E-state index in [9.17, 15) is 31.2 Å². The maximum Gasteiger partial charge on any atom is 0.416 e. The Labute approximate surface area is 256 Å². The molecule has 0 radical (unpaired) electrons. The largest absolute Gasteiger partial charge is 0.444 e. The van der Waals surface area contributed by atoms with Crippen molar-refractivity contribution in [3.05, 3.63) is 66.0 Å². The summed E-state index contributed by atoms with van der Waals surface area (Å²) in [5.74, 6) is -0.523. The number of carbonyl (C=O) groups is 2. The highest BCUT2D eigenvalue weighted by molar-refractivity contribution is 7.89. The van der Waals surface area contributed by atoms with E-state index in [2.05, 4.69) is 15.0 Å². The topological polar surface area (TPSA) is 121 Å². The lowest BCUT2D eigenvalue weighted by atomic mass is 9.89. The molecule has 44 heavy (non-hydrogen) atoms. The van der Waals surface area contributed by atoms with Gasteiger partial charge in [0.25, 0.3) is 10.0 Å². The molecule has 2 atom stereocenters. The van der Waals surface area contributed by atoms with Crippen molar-refractivity contribution < 1.29 is 35.9 Å². The van der Waals surface area contributed by atoms with Gasteiger partial charge in [0.2, 0.25) is 0 Å². The monoisotopic (exact) mass is 639 g/mol. The van der Waals surface area contributed by atoms with Crippen LogP contribution < -0.4 is 10.0 Å². The number of benzene rings is 1. The number of nitrogens with one attached hydrogen (secondary N) is 2. The minimum Gasteiger partial charge on any atom is -0.444 e. The molecule has 0 saturated carbocycles. The average molecular weight is 640 g/mol. The second-order valence-corrected chi connectivity index (χ2v) is 13.4. The minimum absolute atomic E-state index is 0.222. The zero-order chi connectivity index (χ0) is 32.7. The summed E-state index contributed by atoms with van der Waals surface area (Å²) in [4.78, 5) is 29.9. The van der Waals surface area contributed by atoms with Gasteiger partial charge in [-0.15, -0.1) is 0 Å². The number of carbonyl (C=O) groups excluding carboxylic acids is 2. The summed E-state index contributed by atoms with van der Waals surface area (Å²) in [5.41, 5.74) is 0.203. The van der Waals surface area contributed by atoms with Crippen LogP contribution in [-0.4, -0.2) is 74.1 Å². The normalized spacial score (nSPS) is 15.9. The van der Waals surface area contributed by atoms with E-state index in [1.807, 2.05) is 51.0 Å². The van der Waals surface area contributed by atoms with Crippen LogP contribution in [0.2, 0.25) is 0 Å². The molecule has 2 aromatic rings. The van der Waals surface area contributed by atoms with E-state index in [0.29, 0.717) is 24.9 Å². The van der Waals surface area contributed by atoms with Gasteiger partial charge in [0.15, 0.2) is 10.8 Å². The molecule has 0 saturated heterocycles. The van der Waals surface area contributed by atoms with Crippen molar-refractivity contribution in [1.82, 2.24) is 25.0 Å². The Bertz CT molecular complexity index is 1410. The number of Topliss-reactive ketones (excluding diaryl/α,β-unsaturated/α-hetero) is 1. The van der Waals surface area contributed by atoms with Gasteiger partial charge in [0.1, 0.15) is 6.10 Å². The lowest BCUT2D eigenvalue weighted by Gasteiger charge is -2.36. The third-order valence-electron chi connectivity index (χ3n) is 7.17. The van der Waals surface area contributed by atoms with E-state index in [0.717, 1.165) is 24.1 Å². The molecule has 0 aliphatic carbocycles. The Morgan fingerprint density at radius 2 is 1.77 bits per heavy atom. The smallest absolute Gasteiger partial charge is 0.416 e. The van der Waals surface area contributed by atoms with E-state index < -0.39 is 57.7 Å². The number of amides is 1. The van der Waals surface area contributed by atoms with E-state index >= 15 is 0 Å². The number of unbranched alkanes of at least 4 members (excludes halogenated alkanes) is 1. The molecule has 1 aliphatic heterocycles. The number of alkyl halides is 3. The average Bonchev–Trinajstić information content (AvgIpc) is 3.33. The summed E-state index contributed by atoms with van der Waals surface area (Å²) in [6.07, 6.45) is -1.10. The summed E-state index contributed by atoms with van der Waals surface area (Å²) in [5, 5.41) is 6.10. The Kier molecular flexibility index (Phi) is 11.6. The third kappa shape index (κ3) is 9.76. The van der Waals surface area contributed by atoms with Crippen LogP contribution in [-0.2, 0) is 25.7 Å². The maximum atomic E-state index is 13.1. The number of pyridine rings is 1. The van der Waals surface area contributed by atoms with Gasteiger partial charge in [-0.1, -0.05) is 58.7 Å². The number of alkyl carbamates (subject to hydrolysis) is 1. The van der Waals surface area contributed by atoms with Gasteiger partial charge in [-0.05, 0) is 41.8 Å². The SMILES string of the molecule is CCCC[C@H](NC(=O)O[C@H](CN1C=C(c2ccc(C(F)(F)F)cc2)CN1C)C(C)(C)C)C(=O)CNS(=O)(=O)c1ccccn1. The van der Waals surface area contributed by atoms with Gasteiger partial charge in [0.05, 0.1) is 24.7 Å². The molecule has 0 bridgehead atoms. The molecule has 2 heterocycles. The first kappa shape index (κ1) is 35.0. The zero-order valence-electron chi connectivity index (χ0n) is 25.5. The molecule has 0 spiro atoms. The number of ketones is 1. The minimum atomic E-state index is -4.42. The van der Waals surface area contributed by atoms with Gasteiger partial charge in [-0.2, -0.15) is 13.2 Å². The highest BCUT2D eigenvalue weighted by Gasteiger charge is 2.34. The first-order chi connectivity index (χ1) is 20.5. The van der Waals surface area contributed by atoms with Gasteiger partial charge in [-0.25, -0.2) is 27.9 Å². The van der Waals surface area contributed by atoms with E-state index in [-0.39, 0.29) is 11.6 Å². The van der Waals surface area contributed by atoms with Crippen LogP contribution in [0.4, 0.5) is 18.0 Å². The number of rotatable bonds is 13. The molecule has 1 aromatic heterocycles. The Balaban J connectivity index is 1.67. The Morgan fingerprint density at radius 3 is 2.34 bits per heavy atom. The third-order valence-corrected chi connectivity index (χ3v) is 8.49. The Morgan fingerprint density at radius 1 is 1.09 bits per heavy atom. The van der Waals surface area contributed by atoms with Crippen molar-refractivity contribution in [3.63, 3.8) is 0 Å². The predicted octanol–water partition coefficient (Wildman–Crippen LogP) is 4.85. The van der Waals surface area contributed by atoms with E-state index in [4.69, 9.17) is 4.74 Å². The molecule has 2 N–H and O–H groups in total. The van der Waals surface area contributed by atoms with Crippen LogP contribution in [0, 0.1) is 5.41 Å². The number of nitrogens with zero attached hydrogens (tertiary/aromatic N) is 3. The fourth-order valence-corrected chi connectivity index (χ4v) is 5.38. The number of likely N-dealkylation sites (N-methyl/N-ethyl adjacent to an activating group) is 1. The molecule has 14 heteroatoms. The number of ether oxygens (including phenoxy) is 1. The first-order valence-corrected chi connectivity index (χ1v) is 15.8.